The first-order valence-electron chi connectivity index (χ1n) is 7.49. The summed E-state index contributed by atoms with van der Waals surface area (Å²) in [4.78, 5) is 17.9. The summed E-state index contributed by atoms with van der Waals surface area (Å²) in [6.07, 6.45) is 5.86. The molecule has 0 aliphatic carbocycles. The lowest BCUT2D eigenvalue weighted by atomic mass is 10.2. The van der Waals surface area contributed by atoms with Crippen molar-refractivity contribution in [2.45, 2.75) is 33.6 Å². The highest BCUT2D eigenvalue weighted by atomic mass is 32.1. The number of hydrogen-bond acceptors (Lipinski definition) is 6. The molecule has 0 unspecified atom stereocenters. The predicted octanol–water partition coefficient (Wildman–Crippen LogP) is 3.98. The highest BCUT2D eigenvalue weighted by Gasteiger charge is 2.16. The molecule has 3 aromatic heterocycles. The lowest BCUT2D eigenvalue weighted by molar-refractivity contribution is 0.828. The van der Waals surface area contributed by atoms with Crippen molar-refractivity contribution in [3.63, 3.8) is 0 Å². The summed E-state index contributed by atoms with van der Waals surface area (Å²) in [6.45, 7) is 7.02. The van der Waals surface area contributed by atoms with Crippen LogP contribution in [-0.4, -0.2) is 26.5 Å². The van der Waals surface area contributed by atoms with E-state index in [0.29, 0.717) is 0 Å². The summed E-state index contributed by atoms with van der Waals surface area (Å²) in [7, 11) is 0. The van der Waals surface area contributed by atoms with E-state index in [-0.39, 0.29) is 0 Å². The van der Waals surface area contributed by atoms with Crippen LogP contribution in [0.4, 0.5) is 5.82 Å². The summed E-state index contributed by atoms with van der Waals surface area (Å²) in [5.74, 6) is 1.66. The van der Waals surface area contributed by atoms with Crippen LogP contribution >= 0.6 is 11.3 Å². The molecule has 0 aliphatic heterocycles. The molecule has 3 heterocycles. The number of nitrogens with zero attached hydrogens (tertiary/aromatic N) is 4. The fraction of sp³-hybridized carbons (Fsp3) is 0.375. The zero-order chi connectivity index (χ0) is 15.5. The molecular formula is C16H19N5S. The van der Waals surface area contributed by atoms with Crippen molar-refractivity contribution in [2.24, 2.45) is 0 Å². The third-order valence-corrected chi connectivity index (χ3v) is 4.48. The third kappa shape index (κ3) is 2.92. The van der Waals surface area contributed by atoms with Gasteiger partial charge in [-0.3, -0.25) is 4.98 Å². The van der Waals surface area contributed by atoms with Gasteiger partial charge in [-0.1, -0.05) is 13.3 Å². The number of pyridine rings is 1. The van der Waals surface area contributed by atoms with Crippen LogP contribution in [0.3, 0.4) is 0 Å². The van der Waals surface area contributed by atoms with E-state index in [2.05, 4.69) is 27.2 Å². The molecule has 0 aliphatic rings. The smallest absolute Gasteiger partial charge is 0.140 e. The van der Waals surface area contributed by atoms with Gasteiger partial charge in [-0.05, 0) is 26.3 Å². The highest BCUT2D eigenvalue weighted by molar-refractivity contribution is 7.21. The van der Waals surface area contributed by atoms with Crippen molar-refractivity contribution in [3.05, 3.63) is 30.0 Å². The zero-order valence-corrected chi connectivity index (χ0v) is 13.9. The first-order valence-corrected chi connectivity index (χ1v) is 8.30. The first kappa shape index (κ1) is 14.8. The average Bonchev–Trinajstić information content (AvgIpc) is 2.90. The van der Waals surface area contributed by atoms with E-state index in [1.165, 1.54) is 0 Å². The topological polar surface area (TPSA) is 63.6 Å². The SMILES string of the molecule is CCCCNc1nc(C)nc(C)c1-c1nc2cnccc2s1. The highest BCUT2D eigenvalue weighted by Crippen LogP contribution is 2.35. The van der Waals surface area contributed by atoms with E-state index in [4.69, 9.17) is 4.98 Å². The molecule has 0 saturated carbocycles. The normalized spacial score (nSPS) is 11.0. The van der Waals surface area contributed by atoms with Gasteiger partial charge in [-0.15, -0.1) is 11.3 Å². The van der Waals surface area contributed by atoms with Crippen molar-refractivity contribution in [3.8, 4) is 10.6 Å². The maximum absolute atomic E-state index is 4.70. The maximum Gasteiger partial charge on any atom is 0.140 e. The van der Waals surface area contributed by atoms with Gasteiger partial charge >= 0.3 is 0 Å². The maximum atomic E-state index is 4.70. The molecule has 0 bridgehead atoms. The van der Waals surface area contributed by atoms with Gasteiger partial charge in [-0.25, -0.2) is 15.0 Å². The monoisotopic (exact) mass is 313 g/mol. The molecule has 0 amide bonds. The second kappa shape index (κ2) is 6.36. The molecule has 1 N–H and O–H groups in total. The van der Waals surface area contributed by atoms with Crippen LogP contribution in [-0.2, 0) is 0 Å². The lowest BCUT2D eigenvalue weighted by Crippen LogP contribution is -2.08. The van der Waals surface area contributed by atoms with Crippen molar-refractivity contribution >= 4 is 27.4 Å². The molecule has 0 atom stereocenters. The predicted molar refractivity (Wildman–Crippen MR) is 91.3 cm³/mol. The van der Waals surface area contributed by atoms with Crippen LogP contribution < -0.4 is 5.32 Å². The summed E-state index contributed by atoms with van der Waals surface area (Å²) < 4.78 is 1.13. The Bertz CT molecular complexity index is 763. The standard InChI is InChI=1S/C16H19N5S/c1-4-5-7-18-15-14(10(2)19-11(3)20-15)16-21-12-9-17-8-6-13(12)22-16/h6,8-9H,4-5,7H2,1-3H3,(H,18,19,20). The Labute approximate surface area is 133 Å². The Hall–Kier alpha value is -2.08. The fourth-order valence-corrected chi connectivity index (χ4v) is 3.40. The van der Waals surface area contributed by atoms with E-state index >= 15 is 0 Å². The van der Waals surface area contributed by atoms with E-state index in [0.717, 1.165) is 57.5 Å². The van der Waals surface area contributed by atoms with Gasteiger partial charge in [0.1, 0.15) is 22.2 Å². The van der Waals surface area contributed by atoms with Crippen LogP contribution in [0.2, 0.25) is 0 Å². The lowest BCUT2D eigenvalue weighted by Gasteiger charge is -2.12. The molecule has 0 spiro atoms. The Morgan fingerprint density at radius 3 is 2.82 bits per heavy atom. The first-order chi connectivity index (χ1) is 10.7. The fourth-order valence-electron chi connectivity index (χ4n) is 2.37. The zero-order valence-electron chi connectivity index (χ0n) is 13.1. The summed E-state index contributed by atoms with van der Waals surface area (Å²) in [5.41, 5.74) is 2.88. The minimum atomic E-state index is 0.781. The van der Waals surface area contributed by atoms with E-state index in [1.54, 1.807) is 23.7 Å². The van der Waals surface area contributed by atoms with E-state index in [9.17, 15) is 0 Å². The molecule has 0 aromatic carbocycles. The third-order valence-electron chi connectivity index (χ3n) is 3.43. The van der Waals surface area contributed by atoms with Crippen LogP contribution in [0.5, 0.6) is 0 Å². The second-order valence-electron chi connectivity index (χ2n) is 5.22. The Balaban J connectivity index is 2.07. The molecule has 3 aromatic rings. The number of anilines is 1. The molecule has 0 radical (unpaired) electrons. The van der Waals surface area contributed by atoms with Gasteiger partial charge in [-0.2, -0.15) is 0 Å². The number of hydrogen-bond donors (Lipinski definition) is 1. The van der Waals surface area contributed by atoms with Gasteiger partial charge in [0, 0.05) is 12.7 Å². The summed E-state index contributed by atoms with van der Waals surface area (Å²) in [6, 6.07) is 1.99. The number of thiazole rings is 1. The second-order valence-corrected chi connectivity index (χ2v) is 6.25. The number of rotatable bonds is 5. The van der Waals surface area contributed by atoms with E-state index < -0.39 is 0 Å². The number of aromatic nitrogens is 4. The van der Waals surface area contributed by atoms with Crippen LogP contribution in [0.25, 0.3) is 20.8 Å². The van der Waals surface area contributed by atoms with Gasteiger partial charge < -0.3 is 5.32 Å². The summed E-state index contributed by atoms with van der Waals surface area (Å²) in [5, 5.41) is 4.38. The average molecular weight is 313 g/mol. The van der Waals surface area contributed by atoms with Crippen LogP contribution in [0.15, 0.2) is 18.5 Å². The van der Waals surface area contributed by atoms with Crippen LogP contribution in [0, 0.1) is 13.8 Å². The minimum absolute atomic E-state index is 0.781. The van der Waals surface area contributed by atoms with Gasteiger partial charge in [0.15, 0.2) is 0 Å². The Kier molecular flexibility index (Phi) is 4.29. The van der Waals surface area contributed by atoms with E-state index in [1.807, 2.05) is 19.9 Å². The molecule has 5 nitrogen and oxygen atoms in total. The minimum Gasteiger partial charge on any atom is -0.369 e. The largest absolute Gasteiger partial charge is 0.369 e. The summed E-state index contributed by atoms with van der Waals surface area (Å²) >= 11 is 1.65. The number of unbranched alkanes of at least 4 members (excludes halogenated alkanes) is 1. The number of fused-ring (bicyclic) bond motifs is 1. The Morgan fingerprint density at radius 2 is 2.05 bits per heavy atom. The van der Waals surface area contributed by atoms with Crippen molar-refractivity contribution < 1.29 is 0 Å². The number of aryl methyl sites for hydroxylation is 2. The molecule has 0 fully saturated rings. The van der Waals surface area contributed by atoms with Crippen molar-refractivity contribution in [1.82, 2.24) is 19.9 Å². The number of nitrogens with one attached hydrogen (secondary N) is 1. The quantitative estimate of drug-likeness (QED) is 0.722. The Morgan fingerprint density at radius 1 is 1.18 bits per heavy atom. The molecule has 114 valence electrons. The van der Waals surface area contributed by atoms with Crippen LogP contribution in [0.1, 0.15) is 31.3 Å². The molecule has 0 saturated heterocycles. The molecule has 3 rings (SSSR count). The van der Waals surface area contributed by atoms with Crippen molar-refractivity contribution in [1.29, 1.82) is 0 Å². The molecule has 6 heteroatoms. The van der Waals surface area contributed by atoms with Gasteiger partial charge in [0.05, 0.1) is 22.2 Å². The molecular weight excluding hydrogens is 294 g/mol. The van der Waals surface area contributed by atoms with Crippen molar-refractivity contribution in [2.75, 3.05) is 11.9 Å². The molecule has 22 heavy (non-hydrogen) atoms. The van der Waals surface area contributed by atoms with Gasteiger partial charge in [0.25, 0.3) is 0 Å². The van der Waals surface area contributed by atoms with Gasteiger partial charge in [0.2, 0.25) is 0 Å².